The van der Waals surface area contributed by atoms with Crippen molar-refractivity contribution in [3.05, 3.63) is 174 Å². The maximum Gasteiger partial charge on any atom is 0.145 e. The van der Waals surface area contributed by atoms with Gasteiger partial charge < -0.3 is 4.57 Å². The zero-order chi connectivity index (χ0) is 34.9. The fourth-order valence-corrected chi connectivity index (χ4v) is 9.50. The Hall–Kier alpha value is -6.19. The van der Waals surface area contributed by atoms with Crippen molar-refractivity contribution in [2.75, 3.05) is 0 Å². The van der Waals surface area contributed by atoms with Crippen LogP contribution >= 0.6 is 0 Å². The average Bonchev–Trinajstić information content (AvgIpc) is 3.85. The van der Waals surface area contributed by atoms with Crippen molar-refractivity contribution in [1.29, 1.82) is 0 Å². The summed E-state index contributed by atoms with van der Waals surface area (Å²) in [6.07, 6.45) is 0. The molecule has 0 spiro atoms. The molecule has 52 heavy (non-hydrogen) atoms. The minimum Gasteiger partial charge on any atom is -0.309 e. The van der Waals surface area contributed by atoms with Crippen molar-refractivity contribution in [3.8, 4) is 45.0 Å². The second-order valence-electron chi connectivity index (χ2n) is 15.6. The Bertz CT molecular complexity index is 2810. The van der Waals surface area contributed by atoms with Crippen LogP contribution < -0.4 is 0 Å². The van der Waals surface area contributed by atoms with Gasteiger partial charge in [0.05, 0.1) is 22.1 Å². The molecule has 0 aliphatic heterocycles. The van der Waals surface area contributed by atoms with E-state index in [9.17, 15) is 0 Å². The number of fused-ring (bicyclic) bond motifs is 10. The molecule has 3 nitrogen and oxygen atoms in total. The highest BCUT2D eigenvalue weighted by Gasteiger charge is 2.38. The molecule has 248 valence electrons. The molecular weight excluding hydrogens is 631 g/mol. The summed E-state index contributed by atoms with van der Waals surface area (Å²) in [5.41, 5.74) is 18.7. The van der Waals surface area contributed by atoms with Crippen LogP contribution in [0.5, 0.6) is 0 Å². The van der Waals surface area contributed by atoms with Crippen LogP contribution in [0.1, 0.15) is 49.9 Å². The largest absolute Gasteiger partial charge is 0.309 e. The number of benzene rings is 7. The van der Waals surface area contributed by atoms with E-state index in [0.717, 1.165) is 33.8 Å². The summed E-state index contributed by atoms with van der Waals surface area (Å²) in [4.78, 5) is 5.16. The second-order valence-corrected chi connectivity index (χ2v) is 15.6. The Morgan fingerprint density at radius 1 is 0.404 bits per heavy atom. The monoisotopic (exact) mass is 667 g/mol. The van der Waals surface area contributed by atoms with Gasteiger partial charge in [0.2, 0.25) is 0 Å². The molecule has 2 aliphatic carbocycles. The Morgan fingerprint density at radius 3 is 1.50 bits per heavy atom. The zero-order valence-electron chi connectivity index (χ0n) is 29.8. The molecule has 0 fully saturated rings. The molecule has 0 bridgehead atoms. The molecular formula is C49H37N3. The number of hydrogen-bond acceptors (Lipinski definition) is 1. The van der Waals surface area contributed by atoms with Gasteiger partial charge in [0, 0.05) is 38.5 Å². The normalized spacial score (nSPS) is 14.8. The summed E-state index contributed by atoms with van der Waals surface area (Å²) in [7, 11) is 0. The van der Waals surface area contributed by atoms with Gasteiger partial charge in [0.15, 0.2) is 0 Å². The van der Waals surface area contributed by atoms with Crippen molar-refractivity contribution >= 4 is 32.8 Å². The Morgan fingerprint density at radius 2 is 0.904 bits per heavy atom. The topological polar surface area (TPSA) is 22.8 Å². The fraction of sp³-hybridized carbons (Fsp3) is 0.122. The van der Waals surface area contributed by atoms with Gasteiger partial charge in [0.1, 0.15) is 5.82 Å². The summed E-state index contributed by atoms with van der Waals surface area (Å²) in [5.74, 6) is 0.941. The van der Waals surface area contributed by atoms with E-state index in [1.54, 1.807) is 0 Å². The smallest absolute Gasteiger partial charge is 0.145 e. The summed E-state index contributed by atoms with van der Waals surface area (Å²) in [6, 6.07) is 55.8. The van der Waals surface area contributed by atoms with E-state index in [1.165, 1.54) is 66.3 Å². The molecule has 7 aromatic carbocycles. The van der Waals surface area contributed by atoms with Gasteiger partial charge in [0.25, 0.3) is 0 Å². The van der Waals surface area contributed by atoms with Crippen molar-refractivity contribution < 1.29 is 0 Å². The summed E-state index contributed by atoms with van der Waals surface area (Å²) in [5, 5.41) is 2.59. The van der Waals surface area contributed by atoms with Crippen molar-refractivity contribution in [1.82, 2.24) is 14.1 Å². The van der Waals surface area contributed by atoms with Gasteiger partial charge in [-0.15, -0.1) is 0 Å². The van der Waals surface area contributed by atoms with Gasteiger partial charge in [-0.25, -0.2) is 4.98 Å². The maximum atomic E-state index is 5.16. The first-order chi connectivity index (χ1) is 25.3. The predicted molar refractivity (Wildman–Crippen MR) is 216 cm³/mol. The molecule has 0 atom stereocenters. The molecule has 3 heteroatoms. The lowest BCUT2D eigenvalue weighted by Gasteiger charge is -2.22. The molecule has 2 aromatic heterocycles. The van der Waals surface area contributed by atoms with Crippen LogP contribution in [0.3, 0.4) is 0 Å². The number of hydrogen-bond donors (Lipinski definition) is 0. The molecule has 9 aromatic rings. The van der Waals surface area contributed by atoms with E-state index in [0.29, 0.717) is 0 Å². The number of aromatic nitrogens is 3. The van der Waals surface area contributed by atoms with Crippen molar-refractivity contribution in [2.45, 2.75) is 38.5 Å². The lowest BCUT2D eigenvalue weighted by atomic mass is 9.82. The third-order valence-corrected chi connectivity index (χ3v) is 12.1. The van der Waals surface area contributed by atoms with E-state index in [1.807, 2.05) is 0 Å². The minimum absolute atomic E-state index is 0.0928. The Labute approximate surface area is 303 Å². The average molecular weight is 668 g/mol. The number of imidazole rings is 1. The maximum absolute atomic E-state index is 5.16. The van der Waals surface area contributed by atoms with E-state index in [2.05, 4.69) is 188 Å². The van der Waals surface area contributed by atoms with E-state index < -0.39 is 0 Å². The van der Waals surface area contributed by atoms with Crippen molar-refractivity contribution in [2.24, 2.45) is 0 Å². The first kappa shape index (κ1) is 29.5. The van der Waals surface area contributed by atoms with Crippen LogP contribution in [0.4, 0.5) is 0 Å². The highest BCUT2D eigenvalue weighted by molar-refractivity contribution is 6.13. The first-order valence-corrected chi connectivity index (χ1v) is 18.3. The van der Waals surface area contributed by atoms with E-state index >= 15 is 0 Å². The standard InChI is InChI=1S/C49H37N3/c1-48(2)39-18-10-8-16-33(39)35-26-37-38-27-36-34-17-9-11-19-40(34)49(3,4)42(36)29-46(38)51(45(37)28-41(35)48)32-24-22-30(23-25-32)47-50-43-20-12-13-21-44(43)52(47)31-14-6-5-7-15-31/h5-29H,1-4H3. The third-order valence-electron chi connectivity index (χ3n) is 12.1. The number of nitrogens with zero attached hydrogens (tertiary/aromatic N) is 3. The van der Waals surface area contributed by atoms with Gasteiger partial charge in [-0.2, -0.15) is 0 Å². The summed E-state index contributed by atoms with van der Waals surface area (Å²) >= 11 is 0. The first-order valence-electron chi connectivity index (χ1n) is 18.3. The molecule has 0 amide bonds. The highest BCUT2D eigenvalue weighted by Crippen LogP contribution is 2.54. The van der Waals surface area contributed by atoms with Gasteiger partial charge >= 0.3 is 0 Å². The van der Waals surface area contributed by atoms with E-state index in [-0.39, 0.29) is 10.8 Å². The second kappa shape index (κ2) is 10.2. The molecule has 2 heterocycles. The number of rotatable bonds is 3. The van der Waals surface area contributed by atoms with Crippen molar-refractivity contribution in [3.63, 3.8) is 0 Å². The quantitative estimate of drug-likeness (QED) is 0.184. The highest BCUT2D eigenvalue weighted by atomic mass is 15.1. The Balaban J connectivity index is 1.17. The van der Waals surface area contributed by atoms with Crippen LogP contribution in [0.25, 0.3) is 77.9 Å². The van der Waals surface area contributed by atoms with E-state index in [4.69, 9.17) is 4.98 Å². The lowest BCUT2D eigenvalue weighted by Crippen LogP contribution is -2.15. The molecule has 0 saturated carbocycles. The lowest BCUT2D eigenvalue weighted by molar-refractivity contribution is 0.660. The van der Waals surface area contributed by atoms with Gasteiger partial charge in [-0.05, 0) is 117 Å². The minimum atomic E-state index is -0.0928. The SMILES string of the molecule is CC1(C)c2ccccc2-c2cc3c4cc5c(cc4n(-c4ccc(-c6nc7ccccc7n6-c6ccccc6)cc4)c3cc21)C(C)(C)c1ccccc1-5. The molecule has 0 N–H and O–H groups in total. The predicted octanol–water partition coefficient (Wildman–Crippen LogP) is 12.4. The van der Waals surface area contributed by atoms with Gasteiger partial charge in [-0.1, -0.05) is 107 Å². The molecule has 0 radical (unpaired) electrons. The number of para-hydroxylation sites is 3. The zero-order valence-corrected chi connectivity index (χ0v) is 29.8. The van der Waals surface area contributed by atoms with Crippen LogP contribution in [0.15, 0.2) is 152 Å². The Kier molecular flexibility index (Phi) is 5.79. The molecule has 0 unspecified atom stereocenters. The summed E-state index contributed by atoms with van der Waals surface area (Å²) < 4.78 is 4.78. The third kappa shape index (κ3) is 3.83. The molecule has 11 rings (SSSR count). The van der Waals surface area contributed by atoms with Crippen LogP contribution in [0, 0.1) is 0 Å². The van der Waals surface area contributed by atoms with Crippen LogP contribution in [-0.2, 0) is 10.8 Å². The van der Waals surface area contributed by atoms with Crippen LogP contribution in [0.2, 0.25) is 0 Å². The fourth-order valence-electron chi connectivity index (χ4n) is 9.50. The van der Waals surface area contributed by atoms with Gasteiger partial charge in [-0.3, -0.25) is 4.57 Å². The molecule has 2 aliphatic rings. The molecule has 0 saturated heterocycles. The summed E-state index contributed by atoms with van der Waals surface area (Å²) in [6.45, 7) is 9.49. The van der Waals surface area contributed by atoms with Crippen LogP contribution in [-0.4, -0.2) is 14.1 Å².